The van der Waals surface area contributed by atoms with Gasteiger partial charge in [0, 0.05) is 6.54 Å². The molecule has 1 fully saturated rings. The molecule has 3 nitrogen and oxygen atoms in total. The Bertz CT molecular complexity index is 110. The largest absolute Gasteiger partial charge is 3.00 e. The topological polar surface area (TPSA) is 41.1 Å². The maximum atomic E-state index is 10.1. The molecule has 0 radical (unpaired) electrons. The van der Waals surface area contributed by atoms with E-state index >= 15 is 0 Å². The summed E-state index contributed by atoms with van der Waals surface area (Å²) in [6.07, 6.45) is 2.98. The number of hydrogen-bond donors (Lipinski definition) is 2. The maximum absolute atomic E-state index is 10.1. The number of nitrogens with one attached hydrogen (secondary N) is 2. The molecular weight excluding hydrogens is 205 g/mol. The van der Waals surface area contributed by atoms with Gasteiger partial charge in [0.15, 0.2) is 0 Å². The summed E-state index contributed by atoms with van der Waals surface area (Å²) in [6, 6.07) is -0.112. The molecule has 1 aliphatic rings. The third-order valence-electron chi connectivity index (χ3n) is 1.68. The van der Waals surface area contributed by atoms with Gasteiger partial charge in [-0.3, -0.25) is 10.9 Å². The van der Waals surface area contributed by atoms with Crippen LogP contribution in [0.2, 0.25) is 0 Å². The molecule has 2 unspecified atom stereocenters. The Hall–Kier alpha value is 0.694. The standard InChI is InChI=1S/C6H11N2O.Y/c1-5-2-3-7-8-6(5)4-9;/h5-8H,2-3H2,1H3;/q-1;+3. The summed E-state index contributed by atoms with van der Waals surface area (Å²) in [4.78, 5) is 10.1. The number of hydrazine groups is 1. The minimum Gasteiger partial charge on any atom is -0.540 e. The number of carbonyl (C=O) groups excluding carboxylic acids is 1. The van der Waals surface area contributed by atoms with Crippen molar-refractivity contribution >= 4 is 6.29 Å². The van der Waals surface area contributed by atoms with Crippen LogP contribution in [0.15, 0.2) is 0 Å². The smallest absolute Gasteiger partial charge is 0.540 e. The molecule has 0 bridgehead atoms. The third-order valence-corrected chi connectivity index (χ3v) is 1.68. The fourth-order valence-corrected chi connectivity index (χ4v) is 0.937. The first-order valence-electron chi connectivity index (χ1n) is 3.20. The molecule has 0 spiro atoms. The SMILES string of the molecule is CC1CCNNC1[C-]=O.[Y+3]. The Morgan fingerprint density at radius 1 is 1.60 bits per heavy atom. The van der Waals surface area contributed by atoms with Crippen molar-refractivity contribution in [2.24, 2.45) is 5.92 Å². The average molecular weight is 216 g/mol. The molecule has 4 heteroatoms. The second-order valence-electron chi connectivity index (χ2n) is 2.43. The normalized spacial score (nSPS) is 32.5. The van der Waals surface area contributed by atoms with Crippen molar-refractivity contribution in [3.8, 4) is 0 Å². The fourth-order valence-electron chi connectivity index (χ4n) is 0.937. The van der Waals surface area contributed by atoms with Crippen molar-refractivity contribution in [1.82, 2.24) is 10.9 Å². The molecule has 0 amide bonds. The van der Waals surface area contributed by atoms with E-state index in [0.717, 1.165) is 13.0 Å². The molecule has 1 saturated heterocycles. The number of rotatable bonds is 1. The maximum Gasteiger partial charge on any atom is 3.00 e. The second-order valence-corrected chi connectivity index (χ2v) is 2.43. The Balaban J connectivity index is 0.000000810. The van der Waals surface area contributed by atoms with Gasteiger partial charge in [-0.15, -0.1) is 0 Å². The van der Waals surface area contributed by atoms with E-state index in [-0.39, 0.29) is 38.8 Å². The van der Waals surface area contributed by atoms with Gasteiger partial charge in [0.1, 0.15) is 0 Å². The first-order valence-corrected chi connectivity index (χ1v) is 3.20. The van der Waals surface area contributed by atoms with E-state index in [1.807, 2.05) is 13.2 Å². The molecule has 1 aliphatic heterocycles. The zero-order valence-electron chi connectivity index (χ0n) is 6.05. The minimum atomic E-state index is -0.112. The van der Waals surface area contributed by atoms with Crippen LogP contribution < -0.4 is 10.9 Å². The summed E-state index contributed by atoms with van der Waals surface area (Å²) in [5, 5.41) is 0. The van der Waals surface area contributed by atoms with Gasteiger partial charge in [-0.05, 0) is 6.42 Å². The molecule has 1 heterocycles. The van der Waals surface area contributed by atoms with Gasteiger partial charge in [0.2, 0.25) is 0 Å². The molecule has 10 heavy (non-hydrogen) atoms. The predicted octanol–water partition coefficient (Wildman–Crippen LogP) is -0.404. The quantitative estimate of drug-likeness (QED) is 0.586. The van der Waals surface area contributed by atoms with E-state index in [0.29, 0.717) is 5.92 Å². The van der Waals surface area contributed by atoms with Crippen LogP contribution in [0.4, 0.5) is 0 Å². The first-order chi connectivity index (χ1) is 4.34. The molecule has 2 atom stereocenters. The fraction of sp³-hybridized carbons (Fsp3) is 0.833. The van der Waals surface area contributed by atoms with Crippen LogP contribution in [0, 0.1) is 5.92 Å². The van der Waals surface area contributed by atoms with Crippen LogP contribution in [-0.4, -0.2) is 18.9 Å². The van der Waals surface area contributed by atoms with Crippen LogP contribution in [-0.2, 0) is 37.5 Å². The Morgan fingerprint density at radius 3 is 2.70 bits per heavy atom. The van der Waals surface area contributed by atoms with Gasteiger partial charge in [0.05, 0.1) is 0 Å². The van der Waals surface area contributed by atoms with Crippen molar-refractivity contribution in [1.29, 1.82) is 0 Å². The zero-order chi connectivity index (χ0) is 6.69. The van der Waals surface area contributed by atoms with Crippen LogP contribution in [0.3, 0.4) is 0 Å². The van der Waals surface area contributed by atoms with E-state index in [9.17, 15) is 4.79 Å². The van der Waals surface area contributed by atoms with Crippen LogP contribution in [0.25, 0.3) is 0 Å². The number of hydrogen-bond acceptors (Lipinski definition) is 3. The van der Waals surface area contributed by atoms with Gasteiger partial charge in [-0.25, -0.2) is 6.29 Å². The van der Waals surface area contributed by atoms with E-state index in [2.05, 4.69) is 10.9 Å². The molecular formula is C6H11N2OY+2. The zero-order valence-corrected chi connectivity index (χ0v) is 8.89. The Labute approximate surface area is 86.2 Å². The minimum absolute atomic E-state index is 0. The van der Waals surface area contributed by atoms with Gasteiger partial charge in [-0.1, -0.05) is 18.9 Å². The summed E-state index contributed by atoms with van der Waals surface area (Å²) in [5.41, 5.74) is 5.75. The predicted molar refractivity (Wildman–Crippen MR) is 34.4 cm³/mol. The van der Waals surface area contributed by atoms with E-state index in [4.69, 9.17) is 0 Å². The van der Waals surface area contributed by atoms with Crippen LogP contribution in [0.5, 0.6) is 0 Å². The summed E-state index contributed by atoms with van der Waals surface area (Å²) < 4.78 is 0. The molecule has 0 saturated carbocycles. The summed E-state index contributed by atoms with van der Waals surface area (Å²) in [5.74, 6) is 0.420. The summed E-state index contributed by atoms with van der Waals surface area (Å²) in [6.45, 7) is 2.99. The van der Waals surface area contributed by atoms with Gasteiger partial charge in [-0.2, -0.15) is 0 Å². The average Bonchev–Trinajstić information content (AvgIpc) is 1.89. The molecule has 1 rings (SSSR count). The second kappa shape index (κ2) is 5.36. The third kappa shape index (κ3) is 2.74. The first kappa shape index (κ1) is 10.7. The Kier molecular flexibility index (Phi) is 5.73. The van der Waals surface area contributed by atoms with Crippen molar-refractivity contribution in [3.63, 3.8) is 0 Å². The molecule has 0 aliphatic carbocycles. The summed E-state index contributed by atoms with van der Waals surface area (Å²) >= 11 is 0. The van der Waals surface area contributed by atoms with Crippen LogP contribution >= 0.6 is 0 Å². The van der Waals surface area contributed by atoms with Crippen molar-refractivity contribution in [2.45, 2.75) is 19.4 Å². The van der Waals surface area contributed by atoms with Crippen LogP contribution in [0.1, 0.15) is 13.3 Å². The van der Waals surface area contributed by atoms with Crippen molar-refractivity contribution < 1.29 is 37.5 Å². The van der Waals surface area contributed by atoms with E-state index in [1.165, 1.54) is 0 Å². The van der Waals surface area contributed by atoms with Crippen molar-refractivity contribution in [3.05, 3.63) is 0 Å². The van der Waals surface area contributed by atoms with Gasteiger partial charge >= 0.3 is 32.7 Å². The molecule has 0 aromatic carbocycles. The molecule has 0 aromatic rings. The molecule has 2 N–H and O–H groups in total. The van der Waals surface area contributed by atoms with Gasteiger partial charge in [0.25, 0.3) is 0 Å². The van der Waals surface area contributed by atoms with Gasteiger partial charge < -0.3 is 4.79 Å². The molecule has 0 aromatic heterocycles. The van der Waals surface area contributed by atoms with E-state index < -0.39 is 0 Å². The summed E-state index contributed by atoms with van der Waals surface area (Å²) in [7, 11) is 0. The molecule has 52 valence electrons. The monoisotopic (exact) mass is 216 g/mol. The van der Waals surface area contributed by atoms with E-state index in [1.54, 1.807) is 0 Å². The Morgan fingerprint density at radius 2 is 2.30 bits per heavy atom. The van der Waals surface area contributed by atoms with Crippen molar-refractivity contribution in [2.75, 3.05) is 6.54 Å².